The van der Waals surface area contributed by atoms with E-state index < -0.39 is 0 Å². The fourth-order valence-corrected chi connectivity index (χ4v) is 3.30. The summed E-state index contributed by atoms with van der Waals surface area (Å²) in [5, 5.41) is 5.83. The van der Waals surface area contributed by atoms with E-state index >= 15 is 0 Å². The Morgan fingerprint density at radius 2 is 1.74 bits per heavy atom. The zero-order chi connectivity index (χ0) is 19.1. The number of hydrogen-bond acceptors (Lipinski definition) is 3. The van der Waals surface area contributed by atoms with Gasteiger partial charge in [0.05, 0.1) is 11.4 Å². The number of amides is 2. The van der Waals surface area contributed by atoms with E-state index in [9.17, 15) is 9.18 Å². The number of para-hydroxylation sites is 2. The number of nitrogens with zero attached hydrogens (tertiary/aromatic N) is 2. The number of urea groups is 1. The van der Waals surface area contributed by atoms with Crippen molar-refractivity contribution in [3.05, 3.63) is 59.9 Å². The first-order valence-corrected chi connectivity index (χ1v) is 9.51. The maximum atomic E-state index is 12.9. The number of benzene rings is 2. The van der Waals surface area contributed by atoms with E-state index in [-0.39, 0.29) is 11.8 Å². The molecule has 5 nitrogen and oxygen atoms in total. The van der Waals surface area contributed by atoms with Crippen LogP contribution in [0.2, 0.25) is 0 Å². The van der Waals surface area contributed by atoms with Crippen LogP contribution in [0, 0.1) is 5.82 Å². The summed E-state index contributed by atoms with van der Waals surface area (Å²) in [4.78, 5) is 17.0. The average molecular weight is 370 g/mol. The van der Waals surface area contributed by atoms with Gasteiger partial charge in [0, 0.05) is 32.7 Å². The first-order valence-electron chi connectivity index (χ1n) is 9.51. The summed E-state index contributed by atoms with van der Waals surface area (Å²) < 4.78 is 12.9. The standard InChI is InChI=1S/C21H27FN4O/c1-2-25-13-15-26(16-14-25)20-6-4-3-5-19(20)24-21(27)23-12-11-17-7-9-18(22)10-8-17/h3-10H,2,11-16H2,1H3,(H2,23,24,27). The smallest absolute Gasteiger partial charge is 0.319 e. The topological polar surface area (TPSA) is 47.6 Å². The Morgan fingerprint density at radius 1 is 1.04 bits per heavy atom. The Kier molecular flexibility index (Phi) is 6.65. The third kappa shape index (κ3) is 5.44. The van der Waals surface area contributed by atoms with Crippen molar-refractivity contribution in [2.24, 2.45) is 0 Å². The Balaban J connectivity index is 1.52. The second-order valence-corrected chi connectivity index (χ2v) is 6.70. The summed E-state index contributed by atoms with van der Waals surface area (Å²) in [7, 11) is 0. The normalized spacial score (nSPS) is 14.8. The van der Waals surface area contributed by atoms with Gasteiger partial charge in [0.15, 0.2) is 0 Å². The van der Waals surface area contributed by atoms with Crippen LogP contribution in [0.1, 0.15) is 12.5 Å². The lowest BCUT2D eigenvalue weighted by atomic mass is 10.1. The number of carbonyl (C=O) groups excluding carboxylic acids is 1. The number of rotatable bonds is 6. The lowest BCUT2D eigenvalue weighted by molar-refractivity contribution is 0.252. The molecule has 2 N–H and O–H groups in total. The Bertz CT molecular complexity index is 742. The van der Waals surface area contributed by atoms with Crippen molar-refractivity contribution in [2.45, 2.75) is 13.3 Å². The van der Waals surface area contributed by atoms with E-state index in [1.807, 2.05) is 18.2 Å². The molecule has 0 aliphatic carbocycles. The monoisotopic (exact) mass is 370 g/mol. The molecule has 2 aromatic rings. The number of anilines is 2. The number of halogens is 1. The van der Waals surface area contributed by atoms with Gasteiger partial charge in [-0.2, -0.15) is 0 Å². The van der Waals surface area contributed by atoms with E-state index in [0.717, 1.165) is 49.7 Å². The molecule has 1 fully saturated rings. The van der Waals surface area contributed by atoms with Gasteiger partial charge in [-0.3, -0.25) is 0 Å². The fourth-order valence-electron chi connectivity index (χ4n) is 3.30. The Labute approximate surface area is 160 Å². The Morgan fingerprint density at radius 3 is 2.44 bits per heavy atom. The highest BCUT2D eigenvalue weighted by Crippen LogP contribution is 2.26. The largest absolute Gasteiger partial charge is 0.367 e. The Hall–Kier alpha value is -2.60. The highest BCUT2D eigenvalue weighted by atomic mass is 19.1. The van der Waals surface area contributed by atoms with Gasteiger partial charge in [0.2, 0.25) is 0 Å². The molecule has 144 valence electrons. The molecule has 0 bridgehead atoms. The van der Waals surface area contributed by atoms with Crippen LogP contribution in [0.3, 0.4) is 0 Å². The minimum Gasteiger partial charge on any atom is -0.367 e. The summed E-state index contributed by atoms with van der Waals surface area (Å²) in [6.45, 7) is 7.74. The molecule has 0 atom stereocenters. The summed E-state index contributed by atoms with van der Waals surface area (Å²) >= 11 is 0. The average Bonchev–Trinajstić information content (AvgIpc) is 2.70. The molecule has 1 saturated heterocycles. The number of nitrogens with one attached hydrogen (secondary N) is 2. The van der Waals surface area contributed by atoms with Crippen molar-refractivity contribution in [3.8, 4) is 0 Å². The minimum atomic E-state index is -0.249. The van der Waals surface area contributed by atoms with Gasteiger partial charge < -0.3 is 20.4 Å². The van der Waals surface area contributed by atoms with E-state index in [1.54, 1.807) is 12.1 Å². The van der Waals surface area contributed by atoms with Crippen LogP contribution in [-0.2, 0) is 6.42 Å². The molecule has 1 aliphatic heterocycles. The van der Waals surface area contributed by atoms with Gasteiger partial charge in [-0.1, -0.05) is 31.2 Å². The van der Waals surface area contributed by atoms with Gasteiger partial charge in [-0.05, 0) is 42.8 Å². The second-order valence-electron chi connectivity index (χ2n) is 6.70. The van der Waals surface area contributed by atoms with Gasteiger partial charge >= 0.3 is 6.03 Å². The van der Waals surface area contributed by atoms with Crippen molar-refractivity contribution in [3.63, 3.8) is 0 Å². The van der Waals surface area contributed by atoms with Crippen molar-refractivity contribution in [1.82, 2.24) is 10.2 Å². The molecule has 0 aromatic heterocycles. The molecule has 0 unspecified atom stereocenters. The first kappa shape index (κ1) is 19.2. The molecule has 0 radical (unpaired) electrons. The SMILES string of the molecule is CCN1CCN(c2ccccc2NC(=O)NCCc2ccc(F)cc2)CC1. The van der Waals surface area contributed by atoms with Crippen LogP contribution in [0.4, 0.5) is 20.6 Å². The second kappa shape index (κ2) is 9.37. The number of hydrogen-bond donors (Lipinski definition) is 2. The van der Waals surface area contributed by atoms with E-state index in [1.165, 1.54) is 12.1 Å². The molecule has 2 aromatic carbocycles. The molecule has 1 heterocycles. The maximum Gasteiger partial charge on any atom is 0.319 e. The third-order valence-corrected chi connectivity index (χ3v) is 4.92. The van der Waals surface area contributed by atoms with Gasteiger partial charge in [0.25, 0.3) is 0 Å². The predicted octanol–water partition coefficient (Wildman–Crippen LogP) is 3.33. The molecule has 0 saturated carbocycles. The molecule has 3 rings (SSSR count). The summed E-state index contributed by atoms with van der Waals surface area (Å²) in [5.41, 5.74) is 2.87. The highest BCUT2D eigenvalue weighted by Gasteiger charge is 2.18. The van der Waals surface area contributed by atoms with E-state index in [4.69, 9.17) is 0 Å². The predicted molar refractivity (Wildman–Crippen MR) is 108 cm³/mol. The van der Waals surface area contributed by atoms with Crippen LogP contribution < -0.4 is 15.5 Å². The van der Waals surface area contributed by atoms with Crippen molar-refractivity contribution < 1.29 is 9.18 Å². The summed E-state index contributed by atoms with van der Waals surface area (Å²) in [6, 6.07) is 14.0. The van der Waals surface area contributed by atoms with Crippen LogP contribution in [0.15, 0.2) is 48.5 Å². The molecule has 27 heavy (non-hydrogen) atoms. The van der Waals surface area contributed by atoms with Gasteiger partial charge in [0.1, 0.15) is 5.82 Å². The van der Waals surface area contributed by atoms with Gasteiger partial charge in [-0.15, -0.1) is 0 Å². The summed E-state index contributed by atoms with van der Waals surface area (Å²) in [6.07, 6.45) is 0.661. The summed E-state index contributed by atoms with van der Waals surface area (Å²) in [5.74, 6) is -0.249. The lowest BCUT2D eigenvalue weighted by Crippen LogP contribution is -2.46. The number of carbonyl (C=O) groups is 1. The first-order chi connectivity index (χ1) is 13.2. The zero-order valence-electron chi connectivity index (χ0n) is 15.7. The highest BCUT2D eigenvalue weighted by molar-refractivity contribution is 5.93. The molecule has 2 amide bonds. The molecule has 0 spiro atoms. The van der Waals surface area contributed by atoms with Crippen LogP contribution in [0.25, 0.3) is 0 Å². The van der Waals surface area contributed by atoms with E-state index in [0.29, 0.717) is 13.0 Å². The van der Waals surface area contributed by atoms with Gasteiger partial charge in [-0.25, -0.2) is 9.18 Å². The van der Waals surface area contributed by atoms with Crippen molar-refractivity contribution >= 4 is 17.4 Å². The van der Waals surface area contributed by atoms with Crippen molar-refractivity contribution in [1.29, 1.82) is 0 Å². The van der Waals surface area contributed by atoms with Crippen LogP contribution in [0.5, 0.6) is 0 Å². The van der Waals surface area contributed by atoms with E-state index in [2.05, 4.69) is 33.4 Å². The fraction of sp³-hybridized carbons (Fsp3) is 0.381. The lowest BCUT2D eigenvalue weighted by Gasteiger charge is -2.36. The number of piperazine rings is 1. The molecular weight excluding hydrogens is 343 g/mol. The van der Waals surface area contributed by atoms with Crippen molar-refractivity contribution in [2.75, 3.05) is 49.5 Å². The quantitative estimate of drug-likeness (QED) is 0.820. The van der Waals surface area contributed by atoms with Crippen LogP contribution >= 0.6 is 0 Å². The molecule has 6 heteroatoms. The zero-order valence-corrected chi connectivity index (χ0v) is 15.7. The minimum absolute atomic E-state index is 0.225. The molecular formula is C21H27FN4O. The number of likely N-dealkylation sites (N-methyl/N-ethyl adjacent to an activating group) is 1. The van der Waals surface area contributed by atoms with Crippen LogP contribution in [-0.4, -0.2) is 50.2 Å². The third-order valence-electron chi connectivity index (χ3n) is 4.92. The maximum absolute atomic E-state index is 12.9. The molecule has 1 aliphatic rings.